The van der Waals surface area contributed by atoms with Gasteiger partial charge in [0.25, 0.3) is 11.5 Å². The van der Waals surface area contributed by atoms with E-state index in [0.29, 0.717) is 18.7 Å². The van der Waals surface area contributed by atoms with Gasteiger partial charge in [0.2, 0.25) is 16.0 Å². The second-order valence-corrected chi connectivity index (χ2v) is 10.1. The molecule has 0 spiro atoms. The van der Waals surface area contributed by atoms with Gasteiger partial charge in [-0.25, -0.2) is 31.3 Å². The number of nitrogens with one attached hydrogen (secondary N) is 3. The number of amides is 1. The lowest BCUT2D eigenvalue weighted by atomic mass is 10.1. The van der Waals surface area contributed by atoms with Gasteiger partial charge in [0, 0.05) is 68.4 Å². The fourth-order valence-corrected chi connectivity index (χ4v) is 5.80. The number of hydrogen-bond donors (Lipinski definition) is 3. The summed E-state index contributed by atoms with van der Waals surface area (Å²) >= 11 is 0. The lowest BCUT2D eigenvalue weighted by Crippen LogP contribution is -2.43. The minimum atomic E-state index is -4.16. The molecule has 2 aromatic heterocycles. The first-order chi connectivity index (χ1) is 17.0. The average molecular weight is 524 g/mol. The predicted molar refractivity (Wildman–Crippen MR) is 120 cm³/mol. The number of halogens is 3. The summed E-state index contributed by atoms with van der Waals surface area (Å²) in [6.07, 6.45) is 2.52. The molecule has 0 saturated carbocycles. The number of fused-ring (bicyclic) bond motifs is 2. The zero-order valence-corrected chi connectivity index (χ0v) is 19.4. The van der Waals surface area contributed by atoms with E-state index in [4.69, 9.17) is 4.74 Å². The van der Waals surface area contributed by atoms with E-state index in [9.17, 15) is 31.2 Å². The number of nitrogens with zero attached hydrogens (tertiary/aromatic N) is 3. The summed E-state index contributed by atoms with van der Waals surface area (Å²) in [5, 5.41) is 2.24. The molecule has 2 atom stereocenters. The smallest absolute Gasteiger partial charge is 0.276 e. The van der Waals surface area contributed by atoms with E-state index < -0.39 is 39.4 Å². The molecule has 1 fully saturated rings. The summed E-state index contributed by atoms with van der Waals surface area (Å²) in [4.78, 5) is 32.7. The minimum absolute atomic E-state index is 0.0118. The monoisotopic (exact) mass is 524 g/mol. The van der Waals surface area contributed by atoms with Crippen molar-refractivity contribution in [2.45, 2.75) is 10.9 Å². The summed E-state index contributed by atoms with van der Waals surface area (Å²) in [6, 6.07) is 1.88. The van der Waals surface area contributed by atoms with E-state index in [-0.39, 0.29) is 52.6 Å². The number of aryl methyl sites for hydroxylation is 1. The zero-order chi connectivity index (χ0) is 25.8. The van der Waals surface area contributed by atoms with E-state index in [2.05, 4.69) is 20.0 Å². The normalized spacial score (nSPS) is 20.6. The Morgan fingerprint density at radius 2 is 1.94 bits per heavy atom. The Balaban J connectivity index is 1.44. The number of hydrogen-bond acceptors (Lipinski definition) is 7. The molecule has 2 aliphatic rings. The van der Waals surface area contributed by atoms with Crippen molar-refractivity contribution in [1.29, 1.82) is 0 Å². The molecule has 11 nitrogen and oxygen atoms in total. The fraction of sp³-hybridized carbons (Fsp3) is 0.286. The van der Waals surface area contributed by atoms with Gasteiger partial charge in [-0.3, -0.25) is 14.6 Å². The summed E-state index contributed by atoms with van der Waals surface area (Å²) in [5.41, 5.74) is -0.942. The topological polar surface area (TPSA) is 138 Å². The highest BCUT2D eigenvalue weighted by Gasteiger charge is 2.41. The van der Waals surface area contributed by atoms with Crippen LogP contribution in [0.2, 0.25) is 0 Å². The van der Waals surface area contributed by atoms with Crippen LogP contribution in [0.5, 0.6) is 5.75 Å². The van der Waals surface area contributed by atoms with Gasteiger partial charge in [0.1, 0.15) is 4.90 Å². The van der Waals surface area contributed by atoms with Gasteiger partial charge in [0.15, 0.2) is 28.9 Å². The van der Waals surface area contributed by atoms with Crippen LogP contribution in [0.4, 0.5) is 24.8 Å². The van der Waals surface area contributed by atoms with Crippen LogP contribution in [0.3, 0.4) is 0 Å². The van der Waals surface area contributed by atoms with Crippen LogP contribution in [0, 0.1) is 23.4 Å². The third-order valence-electron chi connectivity index (χ3n) is 6.00. The zero-order valence-electron chi connectivity index (χ0n) is 18.6. The summed E-state index contributed by atoms with van der Waals surface area (Å²) in [5.74, 6) is -5.93. The fourth-order valence-electron chi connectivity index (χ4n) is 4.31. The van der Waals surface area contributed by atoms with Gasteiger partial charge in [-0.1, -0.05) is 0 Å². The largest absolute Gasteiger partial charge is 0.489 e. The van der Waals surface area contributed by atoms with Gasteiger partial charge < -0.3 is 19.5 Å². The van der Waals surface area contributed by atoms with E-state index in [1.165, 1.54) is 30.1 Å². The lowest BCUT2D eigenvalue weighted by molar-refractivity contribution is 0.101. The maximum Gasteiger partial charge on any atom is 0.276 e. The second kappa shape index (κ2) is 8.67. The van der Waals surface area contributed by atoms with Crippen molar-refractivity contribution >= 4 is 27.6 Å². The highest BCUT2D eigenvalue weighted by atomic mass is 32.2. The maximum absolute atomic E-state index is 13.6. The summed E-state index contributed by atoms with van der Waals surface area (Å²) < 4.78 is 76.5. The molecule has 15 heteroatoms. The van der Waals surface area contributed by atoms with Crippen molar-refractivity contribution in [2.24, 2.45) is 13.0 Å². The molecular weight excluding hydrogens is 505 g/mol. The molecule has 3 N–H and O–H groups in total. The maximum atomic E-state index is 13.6. The van der Waals surface area contributed by atoms with Crippen molar-refractivity contribution in [3.05, 3.63) is 64.1 Å². The SMILES string of the molecule is Cn1cc2c(c1C(=O)Nc1cc(F)c(F)c(F)c1)OC[C@H]1CN(c3nccc(=O)[nH]3)C[C@H]1NS2(=O)=O. The van der Waals surface area contributed by atoms with E-state index in [1.54, 1.807) is 4.90 Å². The number of sulfonamides is 1. The number of aromatic nitrogens is 3. The van der Waals surface area contributed by atoms with Crippen molar-refractivity contribution in [1.82, 2.24) is 19.3 Å². The minimum Gasteiger partial charge on any atom is -0.489 e. The highest BCUT2D eigenvalue weighted by Crippen LogP contribution is 2.35. The molecule has 4 heterocycles. The first kappa shape index (κ1) is 23.9. The standard InChI is InChI=1S/C21H19F3N6O5S/c1-29-8-15-19(18(29)20(32)26-11-4-12(22)17(24)13(23)5-11)35-9-10-6-30(7-14(10)28-36(15,33)34)21-25-3-2-16(31)27-21/h2-5,8,10,14,28H,6-7,9H2,1H3,(H,26,32)(H,25,27,31)/t10-,14-/m1/s1. The number of rotatable bonds is 3. The van der Waals surface area contributed by atoms with Crippen LogP contribution in [-0.4, -0.2) is 54.6 Å². The third kappa shape index (κ3) is 4.19. The van der Waals surface area contributed by atoms with Crippen molar-refractivity contribution in [3.8, 4) is 5.75 Å². The van der Waals surface area contributed by atoms with Crippen molar-refractivity contribution in [3.63, 3.8) is 0 Å². The molecule has 1 amide bonds. The molecule has 0 aliphatic carbocycles. The predicted octanol–water partition coefficient (Wildman–Crippen LogP) is 0.954. The van der Waals surface area contributed by atoms with Crippen LogP contribution >= 0.6 is 0 Å². The number of carbonyl (C=O) groups is 1. The van der Waals surface area contributed by atoms with Crippen molar-refractivity contribution < 1.29 is 31.1 Å². The summed E-state index contributed by atoms with van der Waals surface area (Å²) in [7, 11) is -2.75. The molecule has 36 heavy (non-hydrogen) atoms. The van der Waals surface area contributed by atoms with Gasteiger partial charge in [0.05, 0.1) is 6.61 Å². The Bertz CT molecular complexity index is 1520. The molecule has 3 aromatic rings. The molecule has 190 valence electrons. The van der Waals surface area contributed by atoms with Crippen LogP contribution in [0.25, 0.3) is 0 Å². The average Bonchev–Trinajstić information content (AvgIpc) is 3.35. The molecule has 2 aliphatic heterocycles. The van der Waals surface area contributed by atoms with Gasteiger partial charge >= 0.3 is 0 Å². The van der Waals surface area contributed by atoms with Gasteiger partial charge in [-0.05, 0) is 0 Å². The van der Waals surface area contributed by atoms with Crippen molar-refractivity contribution in [2.75, 3.05) is 29.9 Å². The van der Waals surface area contributed by atoms with E-state index in [0.717, 1.165) is 0 Å². The van der Waals surface area contributed by atoms with Gasteiger partial charge in [-0.15, -0.1) is 0 Å². The number of carbonyl (C=O) groups excluding carboxylic acids is 1. The van der Waals surface area contributed by atoms with Crippen LogP contribution < -0.4 is 25.2 Å². The number of aromatic amines is 1. The molecule has 1 aromatic carbocycles. The number of H-pyrrole nitrogens is 1. The number of ether oxygens (including phenoxy) is 1. The third-order valence-corrected chi connectivity index (χ3v) is 7.48. The van der Waals surface area contributed by atoms with Crippen LogP contribution in [0.15, 0.2) is 40.3 Å². The quantitative estimate of drug-likeness (QED) is 0.434. The number of anilines is 2. The second-order valence-electron chi connectivity index (χ2n) is 8.45. The molecule has 0 bridgehead atoms. The molecule has 1 saturated heterocycles. The Morgan fingerprint density at radius 1 is 1.22 bits per heavy atom. The molecule has 0 unspecified atom stereocenters. The molecule has 5 rings (SSSR count). The van der Waals surface area contributed by atoms with Crippen LogP contribution in [-0.2, 0) is 17.1 Å². The molecular formula is C21H19F3N6O5S. The van der Waals surface area contributed by atoms with E-state index in [1.807, 2.05) is 0 Å². The van der Waals surface area contributed by atoms with E-state index >= 15 is 0 Å². The van der Waals surface area contributed by atoms with Crippen LogP contribution in [0.1, 0.15) is 10.5 Å². The Morgan fingerprint density at radius 3 is 2.64 bits per heavy atom. The molecule has 0 radical (unpaired) electrons. The Kier molecular flexibility index (Phi) is 5.75. The lowest BCUT2D eigenvalue weighted by Gasteiger charge is -2.23. The first-order valence-corrected chi connectivity index (χ1v) is 12.1. The Labute approximate surface area is 202 Å². The Hall–Kier alpha value is -3.85. The summed E-state index contributed by atoms with van der Waals surface area (Å²) in [6.45, 7) is 0.535. The highest BCUT2D eigenvalue weighted by molar-refractivity contribution is 7.89. The number of benzene rings is 1. The first-order valence-electron chi connectivity index (χ1n) is 10.6. The van der Waals surface area contributed by atoms with Gasteiger partial charge in [-0.2, -0.15) is 0 Å².